The van der Waals surface area contributed by atoms with Crippen molar-refractivity contribution in [2.45, 2.75) is 33.1 Å². The molecular weight excluding hydrogens is 250 g/mol. The summed E-state index contributed by atoms with van der Waals surface area (Å²) in [6.07, 6.45) is 3.66. The molecule has 0 radical (unpaired) electrons. The van der Waals surface area contributed by atoms with E-state index < -0.39 is 0 Å². The molecule has 0 unspecified atom stereocenters. The van der Waals surface area contributed by atoms with Crippen LogP contribution in [0.4, 0.5) is 11.4 Å². The topological polar surface area (TPSA) is 58.4 Å². The Bertz CT molecular complexity index is 465. The van der Waals surface area contributed by atoms with Gasteiger partial charge in [0.1, 0.15) is 0 Å². The maximum Gasteiger partial charge on any atom is 0.238 e. The molecule has 1 saturated heterocycles. The van der Waals surface area contributed by atoms with Gasteiger partial charge in [0.25, 0.3) is 0 Å². The highest BCUT2D eigenvalue weighted by molar-refractivity contribution is 5.95. The average molecular weight is 275 g/mol. The smallest absolute Gasteiger partial charge is 0.238 e. The summed E-state index contributed by atoms with van der Waals surface area (Å²) in [7, 11) is 0. The van der Waals surface area contributed by atoms with Crippen molar-refractivity contribution >= 4 is 17.3 Å². The summed E-state index contributed by atoms with van der Waals surface area (Å²) in [4.78, 5) is 14.3. The van der Waals surface area contributed by atoms with Crippen LogP contribution in [0.2, 0.25) is 0 Å². The number of amides is 1. The van der Waals surface area contributed by atoms with E-state index in [9.17, 15) is 4.79 Å². The van der Waals surface area contributed by atoms with Gasteiger partial charge in [-0.1, -0.05) is 19.4 Å². The standard InChI is InChI=1S/C16H25N3O/c1-3-13-6-8-19(9-7-13)11-16(20)18-15-5-4-12(2)10-14(15)17/h4-5,10,13H,3,6-9,11,17H2,1-2H3,(H,18,20). The molecule has 0 aliphatic carbocycles. The Labute approximate surface area is 121 Å². The molecule has 20 heavy (non-hydrogen) atoms. The van der Waals surface area contributed by atoms with Gasteiger partial charge in [-0.25, -0.2) is 0 Å². The lowest BCUT2D eigenvalue weighted by Crippen LogP contribution is -2.39. The predicted octanol–water partition coefficient (Wildman–Crippen LogP) is 2.64. The highest BCUT2D eigenvalue weighted by Gasteiger charge is 2.19. The van der Waals surface area contributed by atoms with Crippen LogP contribution in [0.3, 0.4) is 0 Å². The molecule has 0 spiro atoms. The molecular formula is C16H25N3O. The molecule has 0 saturated carbocycles. The van der Waals surface area contributed by atoms with Gasteiger partial charge < -0.3 is 11.1 Å². The second kappa shape index (κ2) is 6.75. The maximum atomic E-state index is 12.1. The minimum Gasteiger partial charge on any atom is -0.397 e. The van der Waals surface area contributed by atoms with E-state index in [1.165, 1.54) is 19.3 Å². The summed E-state index contributed by atoms with van der Waals surface area (Å²) in [5.74, 6) is 0.859. The van der Waals surface area contributed by atoms with E-state index in [1.54, 1.807) is 0 Å². The first-order valence-corrected chi connectivity index (χ1v) is 7.46. The van der Waals surface area contributed by atoms with Crippen LogP contribution in [0, 0.1) is 12.8 Å². The monoisotopic (exact) mass is 275 g/mol. The summed E-state index contributed by atoms with van der Waals surface area (Å²) >= 11 is 0. The number of hydrogen-bond acceptors (Lipinski definition) is 3. The lowest BCUT2D eigenvalue weighted by Gasteiger charge is -2.30. The quantitative estimate of drug-likeness (QED) is 0.831. The largest absolute Gasteiger partial charge is 0.397 e. The molecule has 1 aromatic rings. The number of nitrogen functional groups attached to an aromatic ring is 1. The molecule has 110 valence electrons. The maximum absolute atomic E-state index is 12.1. The zero-order valence-electron chi connectivity index (χ0n) is 12.5. The van der Waals surface area contributed by atoms with Crippen LogP contribution in [-0.4, -0.2) is 30.4 Å². The normalized spacial score (nSPS) is 17.1. The first-order valence-electron chi connectivity index (χ1n) is 7.46. The number of carbonyl (C=O) groups is 1. The number of piperidine rings is 1. The minimum atomic E-state index is 0.0236. The third-order valence-electron chi connectivity index (χ3n) is 4.13. The Kier molecular flexibility index (Phi) is 5.01. The van der Waals surface area contributed by atoms with Gasteiger partial charge in [-0.2, -0.15) is 0 Å². The van der Waals surface area contributed by atoms with Gasteiger partial charge in [0, 0.05) is 0 Å². The zero-order valence-corrected chi connectivity index (χ0v) is 12.5. The highest BCUT2D eigenvalue weighted by atomic mass is 16.2. The molecule has 0 aromatic heterocycles. The summed E-state index contributed by atoms with van der Waals surface area (Å²) in [6, 6.07) is 5.70. The number of anilines is 2. The number of likely N-dealkylation sites (tertiary alicyclic amines) is 1. The number of nitrogens with zero attached hydrogens (tertiary/aromatic N) is 1. The van der Waals surface area contributed by atoms with Crippen LogP contribution < -0.4 is 11.1 Å². The molecule has 2 rings (SSSR count). The third kappa shape index (κ3) is 3.97. The number of rotatable bonds is 4. The van der Waals surface area contributed by atoms with Crippen molar-refractivity contribution in [3.63, 3.8) is 0 Å². The van der Waals surface area contributed by atoms with Gasteiger partial charge in [0.05, 0.1) is 17.9 Å². The van der Waals surface area contributed by atoms with E-state index in [4.69, 9.17) is 5.73 Å². The van der Waals surface area contributed by atoms with Crippen LogP contribution in [0.25, 0.3) is 0 Å². The van der Waals surface area contributed by atoms with Crippen molar-refractivity contribution < 1.29 is 4.79 Å². The van der Waals surface area contributed by atoms with Crippen molar-refractivity contribution in [1.29, 1.82) is 0 Å². The number of benzene rings is 1. The van der Waals surface area contributed by atoms with Gasteiger partial charge in [0.15, 0.2) is 0 Å². The summed E-state index contributed by atoms with van der Waals surface area (Å²) in [6.45, 7) is 6.74. The fraction of sp³-hybridized carbons (Fsp3) is 0.562. The van der Waals surface area contributed by atoms with Gasteiger partial charge in [0.2, 0.25) is 5.91 Å². The Balaban J connectivity index is 1.84. The molecule has 0 atom stereocenters. The Hall–Kier alpha value is -1.55. The molecule has 4 nitrogen and oxygen atoms in total. The fourth-order valence-electron chi connectivity index (χ4n) is 2.74. The lowest BCUT2D eigenvalue weighted by atomic mass is 9.94. The fourth-order valence-corrected chi connectivity index (χ4v) is 2.74. The molecule has 1 aliphatic rings. The molecule has 1 aromatic carbocycles. The van der Waals surface area contributed by atoms with Crippen molar-refractivity contribution in [2.24, 2.45) is 5.92 Å². The summed E-state index contributed by atoms with van der Waals surface area (Å²) in [5, 5.41) is 2.90. The molecule has 1 aliphatic heterocycles. The zero-order chi connectivity index (χ0) is 14.5. The Morgan fingerprint density at radius 3 is 2.70 bits per heavy atom. The molecule has 1 heterocycles. The van der Waals surface area contributed by atoms with Gasteiger partial charge in [-0.05, 0) is 56.5 Å². The number of hydrogen-bond donors (Lipinski definition) is 2. The molecule has 3 N–H and O–H groups in total. The van der Waals surface area contributed by atoms with Crippen molar-refractivity contribution in [3.05, 3.63) is 23.8 Å². The van der Waals surface area contributed by atoms with Crippen LogP contribution in [0.15, 0.2) is 18.2 Å². The highest BCUT2D eigenvalue weighted by Crippen LogP contribution is 2.21. The molecule has 4 heteroatoms. The average Bonchev–Trinajstić information content (AvgIpc) is 2.43. The summed E-state index contributed by atoms with van der Waals surface area (Å²) in [5.41, 5.74) is 8.35. The molecule has 1 amide bonds. The van der Waals surface area contributed by atoms with Crippen LogP contribution >= 0.6 is 0 Å². The van der Waals surface area contributed by atoms with Crippen molar-refractivity contribution in [1.82, 2.24) is 4.90 Å². The van der Waals surface area contributed by atoms with E-state index in [0.717, 1.165) is 24.6 Å². The van der Waals surface area contributed by atoms with E-state index >= 15 is 0 Å². The first-order chi connectivity index (χ1) is 9.58. The van der Waals surface area contributed by atoms with Crippen molar-refractivity contribution in [3.8, 4) is 0 Å². The second-order valence-electron chi connectivity index (χ2n) is 5.77. The number of nitrogens with one attached hydrogen (secondary N) is 1. The van der Waals surface area contributed by atoms with Crippen molar-refractivity contribution in [2.75, 3.05) is 30.7 Å². The van der Waals surface area contributed by atoms with E-state index in [2.05, 4.69) is 17.1 Å². The Morgan fingerprint density at radius 1 is 1.40 bits per heavy atom. The number of aryl methyl sites for hydroxylation is 1. The number of carbonyl (C=O) groups excluding carboxylic acids is 1. The van der Waals surface area contributed by atoms with E-state index in [0.29, 0.717) is 17.9 Å². The second-order valence-corrected chi connectivity index (χ2v) is 5.77. The van der Waals surface area contributed by atoms with E-state index in [1.807, 2.05) is 25.1 Å². The SMILES string of the molecule is CCC1CCN(CC(=O)Nc2ccc(C)cc2N)CC1. The van der Waals surface area contributed by atoms with Crippen LogP contribution in [-0.2, 0) is 4.79 Å². The predicted molar refractivity (Wildman–Crippen MR) is 83.7 cm³/mol. The van der Waals surface area contributed by atoms with Crippen LogP contribution in [0.5, 0.6) is 0 Å². The summed E-state index contributed by atoms with van der Waals surface area (Å²) < 4.78 is 0. The van der Waals surface area contributed by atoms with Gasteiger partial charge in [-0.15, -0.1) is 0 Å². The van der Waals surface area contributed by atoms with Gasteiger partial charge >= 0.3 is 0 Å². The van der Waals surface area contributed by atoms with Crippen LogP contribution in [0.1, 0.15) is 31.7 Å². The van der Waals surface area contributed by atoms with E-state index in [-0.39, 0.29) is 5.91 Å². The minimum absolute atomic E-state index is 0.0236. The molecule has 1 fully saturated rings. The molecule has 0 bridgehead atoms. The third-order valence-corrected chi connectivity index (χ3v) is 4.13. The first kappa shape index (κ1) is 14.9. The number of nitrogens with two attached hydrogens (primary N) is 1. The van der Waals surface area contributed by atoms with Gasteiger partial charge in [-0.3, -0.25) is 9.69 Å². The Morgan fingerprint density at radius 2 is 2.10 bits per heavy atom. The lowest BCUT2D eigenvalue weighted by molar-refractivity contribution is -0.117.